The quantitative estimate of drug-likeness (QED) is 0.538. The van der Waals surface area contributed by atoms with Gasteiger partial charge in [0.1, 0.15) is 11.5 Å². The van der Waals surface area contributed by atoms with E-state index in [0.29, 0.717) is 5.92 Å². The first kappa shape index (κ1) is 6.68. The zero-order valence-corrected chi connectivity index (χ0v) is 6.77. The van der Waals surface area contributed by atoms with Crippen LogP contribution in [0.1, 0.15) is 24.8 Å². The molecule has 3 heteroatoms. The van der Waals surface area contributed by atoms with Gasteiger partial charge >= 0.3 is 6.33 Å². The van der Waals surface area contributed by atoms with Gasteiger partial charge in [0.05, 0.1) is 7.05 Å². The average Bonchev–Trinajstić information content (AvgIpc) is 2.13. The van der Waals surface area contributed by atoms with Gasteiger partial charge in [-0.05, 0) is 0 Å². The van der Waals surface area contributed by atoms with Crippen LogP contribution in [0.15, 0.2) is 6.33 Å². The Labute approximate surface area is 59.3 Å². The predicted molar refractivity (Wildman–Crippen MR) is 37.4 cm³/mol. The van der Waals surface area contributed by atoms with Gasteiger partial charge in [-0.2, -0.15) is 0 Å². The molecule has 2 nitrogen and oxygen atoms in total. The molecular weight excluding hydrogens is 132 g/mol. The fraction of sp³-hybridized carbons (Fsp3) is 0.667. The van der Waals surface area contributed by atoms with E-state index in [2.05, 4.69) is 22.8 Å². The summed E-state index contributed by atoms with van der Waals surface area (Å²) in [5, 5.41) is 1.33. The molecule has 0 fully saturated rings. The molecule has 1 aromatic rings. The van der Waals surface area contributed by atoms with Gasteiger partial charge in [-0.3, -0.25) is 0 Å². The van der Waals surface area contributed by atoms with Gasteiger partial charge in [0.15, 0.2) is 0 Å². The van der Waals surface area contributed by atoms with Crippen molar-refractivity contribution in [3.05, 3.63) is 11.3 Å². The highest BCUT2D eigenvalue weighted by Crippen LogP contribution is 2.11. The van der Waals surface area contributed by atoms with Crippen LogP contribution in [0.5, 0.6) is 0 Å². The summed E-state index contributed by atoms with van der Waals surface area (Å²) in [4.78, 5) is 0. The van der Waals surface area contributed by atoms with Crippen molar-refractivity contribution in [2.45, 2.75) is 19.8 Å². The molecule has 50 valence electrons. The van der Waals surface area contributed by atoms with Gasteiger partial charge in [0.25, 0.3) is 0 Å². The van der Waals surface area contributed by atoms with Crippen LogP contribution < -0.4 is 4.57 Å². The lowest BCUT2D eigenvalue weighted by Gasteiger charge is -1.94. The highest BCUT2D eigenvalue weighted by molar-refractivity contribution is 7.05. The summed E-state index contributed by atoms with van der Waals surface area (Å²) < 4.78 is 6.11. The number of hydrogen-bond donors (Lipinski definition) is 0. The highest BCUT2D eigenvalue weighted by Gasteiger charge is 2.11. The molecule has 1 rings (SSSR count). The lowest BCUT2D eigenvalue weighted by Crippen LogP contribution is -2.29. The third-order valence-corrected chi connectivity index (χ3v) is 2.35. The molecule has 0 aliphatic carbocycles. The molecule has 0 saturated carbocycles. The first-order valence-corrected chi connectivity index (χ1v) is 3.79. The SMILES string of the molecule is CC(C)c1snc[n+]1C. The topological polar surface area (TPSA) is 16.8 Å². The summed E-state index contributed by atoms with van der Waals surface area (Å²) in [5.74, 6) is 0.600. The fourth-order valence-electron chi connectivity index (χ4n) is 0.782. The lowest BCUT2D eigenvalue weighted by atomic mass is 10.2. The van der Waals surface area contributed by atoms with Gasteiger partial charge in [-0.15, -0.1) is 0 Å². The van der Waals surface area contributed by atoms with Crippen LogP contribution in [-0.2, 0) is 7.05 Å². The van der Waals surface area contributed by atoms with E-state index in [1.807, 2.05) is 13.4 Å². The molecule has 0 atom stereocenters. The van der Waals surface area contributed by atoms with Crippen LogP contribution in [0.4, 0.5) is 0 Å². The molecule has 9 heavy (non-hydrogen) atoms. The maximum atomic E-state index is 4.05. The van der Waals surface area contributed by atoms with Crippen molar-refractivity contribution in [2.75, 3.05) is 0 Å². The lowest BCUT2D eigenvalue weighted by molar-refractivity contribution is -0.676. The van der Waals surface area contributed by atoms with Crippen LogP contribution in [0.3, 0.4) is 0 Å². The van der Waals surface area contributed by atoms with Crippen molar-refractivity contribution in [3.8, 4) is 0 Å². The van der Waals surface area contributed by atoms with E-state index in [-0.39, 0.29) is 0 Å². The molecule has 0 bridgehead atoms. The van der Waals surface area contributed by atoms with E-state index in [4.69, 9.17) is 0 Å². The van der Waals surface area contributed by atoms with Crippen molar-refractivity contribution in [2.24, 2.45) is 7.05 Å². The van der Waals surface area contributed by atoms with Crippen LogP contribution in [0.2, 0.25) is 0 Å². The van der Waals surface area contributed by atoms with Gasteiger partial charge in [-0.25, -0.2) is 4.57 Å². The molecule has 0 unspecified atom stereocenters. The third kappa shape index (κ3) is 1.27. The highest BCUT2D eigenvalue weighted by atomic mass is 32.1. The molecule has 0 spiro atoms. The molecular formula is C6H11N2S+. The molecule has 0 saturated heterocycles. The zero-order chi connectivity index (χ0) is 6.85. The smallest absolute Gasteiger partial charge is 0.224 e. The summed E-state index contributed by atoms with van der Waals surface area (Å²) in [6.07, 6.45) is 1.85. The van der Waals surface area contributed by atoms with Gasteiger partial charge < -0.3 is 0 Å². The zero-order valence-electron chi connectivity index (χ0n) is 5.96. The molecule has 1 aromatic heterocycles. The Morgan fingerprint density at radius 1 is 1.67 bits per heavy atom. The van der Waals surface area contributed by atoms with Gasteiger partial charge in [0.2, 0.25) is 5.01 Å². The van der Waals surface area contributed by atoms with E-state index in [1.54, 1.807) is 11.5 Å². The fourth-order valence-corrected chi connectivity index (χ4v) is 1.47. The molecule has 0 amide bonds. The number of rotatable bonds is 1. The summed E-state index contributed by atoms with van der Waals surface area (Å²) in [6.45, 7) is 4.35. The monoisotopic (exact) mass is 143 g/mol. The summed E-state index contributed by atoms with van der Waals surface area (Å²) in [5.41, 5.74) is 0. The Bertz CT molecular complexity index is 193. The van der Waals surface area contributed by atoms with Gasteiger partial charge in [0, 0.05) is 10.3 Å². The summed E-state index contributed by atoms with van der Waals surface area (Å²) >= 11 is 1.57. The number of aromatic nitrogens is 2. The Kier molecular flexibility index (Phi) is 1.81. The van der Waals surface area contributed by atoms with Gasteiger partial charge in [-0.1, -0.05) is 13.8 Å². The number of nitrogens with zero attached hydrogens (tertiary/aromatic N) is 2. The minimum Gasteiger partial charge on any atom is -0.224 e. The largest absolute Gasteiger partial charge is 0.302 e. The summed E-state index contributed by atoms with van der Waals surface area (Å²) in [6, 6.07) is 0. The van der Waals surface area contributed by atoms with Crippen LogP contribution in [0.25, 0.3) is 0 Å². The normalized spacial score (nSPS) is 10.7. The van der Waals surface area contributed by atoms with Crippen molar-refractivity contribution in [1.82, 2.24) is 4.37 Å². The van der Waals surface area contributed by atoms with E-state index < -0.39 is 0 Å². The maximum Gasteiger partial charge on any atom is 0.302 e. The first-order valence-electron chi connectivity index (χ1n) is 3.02. The van der Waals surface area contributed by atoms with Crippen molar-refractivity contribution in [3.63, 3.8) is 0 Å². The maximum absolute atomic E-state index is 4.05. The molecule has 0 aliphatic rings. The van der Waals surface area contributed by atoms with Crippen molar-refractivity contribution in [1.29, 1.82) is 0 Å². The average molecular weight is 143 g/mol. The standard InChI is InChI=1S/C6H11N2S/c1-5(2)6-8(3)4-7-9-6/h4-5H,1-3H3/q+1. The third-order valence-electron chi connectivity index (χ3n) is 1.21. The Morgan fingerprint density at radius 3 is 2.56 bits per heavy atom. The van der Waals surface area contributed by atoms with E-state index in [9.17, 15) is 0 Å². The second-order valence-electron chi connectivity index (χ2n) is 2.42. The molecule has 0 aromatic carbocycles. The first-order chi connectivity index (χ1) is 4.22. The second kappa shape index (κ2) is 2.43. The predicted octanol–water partition coefficient (Wildman–Crippen LogP) is 1.09. The van der Waals surface area contributed by atoms with E-state index >= 15 is 0 Å². The van der Waals surface area contributed by atoms with Crippen LogP contribution >= 0.6 is 11.5 Å². The van der Waals surface area contributed by atoms with Crippen LogP contribution in [-0.4, -0.2) is 4.37 Å². The minimum absolute atomic E-state index is 0.600. The van der Waals surface area contributed by atoms with Crippen molar-refractivity contribution < 1.29 is 4.57 Å². The Morgan fingerprint density at radius 2 is 2.33 bits per heavy atom. The van der Waals surface area contributed by atoms with E-state index in [1.165, 1.54) is 5.01 Å². The molecule has 0 N–H and O–H groups in total. The molecule has 0 radical (unpaired) electrons. The Hall–Kier alpha value is -0.440. The number of hydrogen-bond acceptors (Lipinski definition) is 2. The van der Waals surface area contributed by atoms with E-state index in [0.717, 1.165) is 0 Å². The second-order valence-corrected chi connectivity index (χ2v) is 3.23. The molecule has 0 aliphatic heterocycles. The Balaban J connectivity index is 2.94. The minimum atomic E-state index is 0.600. The molecule has 1 heterocycles. The van der Waals surface area contributed by atoms with Crippen LogP contribution in [0, 0.1) is 0 Å². The number of aryl methyl sites for hydroxylation is 1. The summed E-state index contributed by atoms with van der Waals surface area (Å²) in [7, 11) is 2.03. The van der Waals surface area contributed by atoms with Crippen molar-refractivity contribution >= 4 is 11.5 Å².